The van der Waals surface area contributed by atoms with Crippen LogP contribution >= 0.6 is 0 Å². The van der Waals surface area contributed by atoms with Crippen molar-refractivity contribution in [2.75, 3.05) is 40.4 Å². The van der Waals surface area contributed by atoms with E-state index in [4.69, 9.17) is 9.47 Å². The summed E-state index contributed by atoms with van der Waals surface area (Å²) in [5.41, 5.74) is 0.628. The second kappa shape index (κ2) is 7.43. The maximum atomic E-state index is 12.9. The first-order valence-corrected chi connectivity index (χ1v) is 7.42. The number of carbonyl (C=O) groups is 1. The number of benzene rings is 1. The van der Waals surface area contributed by atoms with E-state index in [1.165, 1.54) is 0 Å². The lowest BCUT2D eigenvalue weighted by atomic mass is 9.99. The van der Waals surface area contributed by atoms with Crippen molar-refractivity contribution in [1.82, 2.24) is 10.2 Å². The van der Waals surface area contributed by atoms with Gasteiger partial charge in [-0.1, -0.05) is 6.92 Å². The monoisotopic (exact) mass is 292 g/mol. The summed E-state index contributed by atoms with van der Waals surface area (Å²) in [5, 5.41) is 3.32. The van der Waals surface area contributed by atoms with E-state index in [2.05, 4.69) is 17.1 Å². The minimum Gasteiger partial charge on any atom is -0.497 e. The number of hydrogen-bond donors (Lipinski definition) is 1. The summed E-state index contributed by atoms with van der Waals surface area (Å²) in [6.45, 7) is 5.74. The maximum Gasteiger partial charge on any atom is 0.183 e. The molecule has 1 unspecified atom stereocenters. The lowest BCUT2D eigenvalue weighted by molar-refractivity contribution is 0.0787. The number of Topliss-reactive ketones (excluding diaryl/α,β-unsaturated/α-hetero) is 1. The third kappa shape index (κ3) is 3.54. The number of ketones is 1. The highest BCUT2D eigenvalue weighted by Gasteiger charge is 2.28. The molecular weight excluding hydrogens is 268 g/mol. The van der Waals surface area contributed by atoms with Crippen LogP contribution in [0.4, 0.5) is 0 Å². The quantitative estimate of drug-likeness (QED) is 0.807. The van der Waals surface area contributed by atoms with Crippen molar-refractivity contribution in [2.45, 2.75) is 19.4 Å². The predicted molar refractivity (Wildman–Crippen MR) is 82.4 cm³/mol. The SMILES string of the molecule is CCC(C(=O)c1ccc(OC)cc1OC)N1CCNCC1. The van der Waals surface area contributed by atoms with Gasteiger partial charge in [-0.25, -0.2) is 0 Å². The Morgan fingerprint density at radius 3 is 2.57 bits per heavy atom. The normalized spacial score (nSPS) is 17.3. The molecule has 1 heterocycles. The molecule has 116 valence electrons. The Bertz CT molecular complexity index is 484. The van der Waals surface area contributed by atoms with Crippen LogP contribution in [-0.2, 0) is 0 Å². The summed E-state index contributed by atoms with van der Waals surface area (Å²) in [4.78, 5) is 15.1. The Morgan fingerprint density at radius 2 is 2.00 bits per heavy atom. The maximum absolute atomic E-state index is 12.9. The molecule has 5 nitrogen and oxygen atoms in total. The van der Waals surface area contributed by atoms with Gasteiger partial charge in [0.1, 0.15) is 11.5 Å². The highest BCUT2D eigenvalue weighted by molar-refractivity contribution is 6.02. The zero-order chi connectivity index (χ0) is 15.2. The molecule has 0 saturated carbocycles. The smallest absolute Gasteiger partial charge is 0.183 e. The summed E-state index contributed by atoms with van der Waals surface area (Å²) in [7, 11) is 3.18. The second-order valence-electron chi connectivity index (χ2n) is 5.14. The van der Waals surface area contributed by atoms with E-state index in [0.29, 0.717) is 17.1 Å². The van der Waals surface area contributed by atoms with E-state index in [9.17, 15) is 4.79 Å². The van der Waals surface area contributed by atoms with Crippen molar-refractivity contribution in [3.8, 4) is 11.5 Å². The average molecular weight is 292 g/mol. The fraction of sp³-hybridized carbons (Fsp3) is 0.562. The topological polar surface area (TPSA) is 50.8 Å². The van der Waals surface area contributed by atoms with Crippen molar-refractivity contribution in [3.63, 3.8) is 0 Å². The predicted octanol–water partition coefficient (Wildman–Crippen LogP) is 1.57. The van der Waals surface area contributed by atoms with Gasteiger partial charge in [0.05, 0.1) is 25.8 Å². The van der Waals surface area contributed by atoms with E-state index in [-0.39, 0.29) is 11.8 Å². The Balaban J connectivity index is 2.24. The van der Waals surface area contributed by atoms with Gasteiger partial charge in [0.15, 0.2) is 5.78 Å². The number of carbonyl (C=O) groups excluding carboxylic acids is 1. The van der Waals surface area contributed by atoms with Gasteiger partial charge >= 0.3 is 0 Å². The van der Waals surface area contributed by atoms with Gasteiger partial charge in [-0.05, 0) is 18.6 Å². The van der Waals surface area contributed by atoms with Crippen molar-refractivity contribution >= 4 is 5.78 Å². The largest absolute Gasteiger partial charge is 0.497 e. The van der Waals surface area contributed by atoms with Crippen LogP contribution in [-0.4, -0.2) is 57.1 Å². The van der Waals surface area contributed by atoms with Crippen LogP contribution in [0.25, 0.3) is 0 Å². The average Bonchev–Trinajstić information content (AvgIpc) is 2.55. The molecule has 1 saturated heterocycles. The highest BCUT2D eigenvalue weighted by Crippen LogP contribution is 2.27. The molecule has 0 aliphatic carbocycles. The molecule has 1 aliphatic heterocycles. The van der Waals surface area contributed by atoms with E-state index in [0.717, 1.165) is 32.6 Å². The molecule has 1 fully saturated rings. The van der Waals surface area contributed by atoms with Crippen molar-refractivity contribution in [3.05, 3.63) is 23.8 Å². The van der Waals surface area contributed by atoms with Crippen LogP contribution in [0.1, 0.15) is 23.7 Å². The first-order valence-electron chi connectivity index (χ1n) is 7.42. The summed E-state index contributed by atoms with van der Waals surface area (Å²) >= 11 is 0. The molecule has 0 spiro atoms. The van der Waals surface area contributed by atoms with Crippen LogP contribution in [0, 0.1) is 0 Å². The molecule has 0 aromatic heterocycles. The zero-order valence-corrected chi connectivity index (χ0v) is 13.0. The molecule has 5 heteroatoms. The number of rotatable bonds is 6. The van der Waals surface area contributed by atoms with E-state index in [1.54, 1.807) is 32.4 Å². The van der Waals surface area contributed by atoms with Gasteiger partial charge in [-0.15, -0.1) is 0 Å². The molecular formula is C16H24N2O3. The molecule has 1 aliphatic rings. The summed E-state index contributed by atoms with van der Waals surface area (Å²) in [5.74, 6) is 1.39. The molecule has 0 radical (unpaired) electrons. The third-order valence-corrected chi connectivity index (χ3v) is 3.96. The molecule has 1 N–H and O–H groups in total. The Labute approximate surface area is 126 Å². The van der Waals surface area contributed by atoms with Crippen molar-refractivity contribution < 1.29 is 14.3 Å². The number of nitrogens with one attached hydrogen (secondary N) is 1. The molecule has 2 rings (SSSR count). The van der Waals surface area contributed by atoms with Gasteiger partial charge in [0.2, 0.25) is 0 Å². The fourth-order valence-electron chi connectivity index (χ4n) is 2.78. The Morgan fingerprint density at radius 1 is 1.29 bits per heavy atom. The minimum absolute atomic E-state index is 0.0885. The third-order valence-electron chi connectivity index (χ3n) is 3.96. The molecule has 0 amide bonds. The fourth-order valence-corrected chi connectivity index (χ4v) is 2.78. The molecule has 1 atom stereocenters. The minimum atomic E-state index is -0.0885. The number of hydrogen-bond acceptors (Lipinski definition) is 5. The van der Waals surface area contributed by atoms with E-state index >= 15 is 0 Å². The van der Waals surface area contributed by atoms with Crippen LogP contribution < -0.4 is 14.8 Å². The number of methoxy groups -OCH3 is 2. The Hall–Kier alpha value is -1.59. The first-order chi connectivity index (χ1) is 10.2. The van der Waals surface area contributed by atoms with E-state index < -0.39 is 0 Å². The molecule has 1 aromatic rings. The van der Waals surface area contributed by atoms with Crippen molar-refractivity contribution in [2.24, 2.45) is 0 Å². The molecule has 21 heavy (non-hydrogen) atoms. The van der Waals surface area contributed by atoms with Crippen LogP contribution in [0.5, 0.6) is 11.5 Å². The summed E-state index contributed by atoms with van der Waals surface area (Å²) in [6.07, 6.45) is 0.800. The first kappa shape index (κ1) is 15.8. The lowest BCUT2D eigenvalue weighted by Gasteiger charge is -2.33. The summed E-state index contributed by atoms with van der Waals surface area (Å²) in [6, 6.07) is 5.28. The van der Waals surface area contributed by atoms with Crippen LogP contribution in [0.15, 0.2) is 18.2 Å². The second-order valence-corrected chi connectivity index (χ2v) is 5.14. The molecule has 1 aromatic carbocycles. The van der Waals surface area contributed by atoms with Crippen molar-refractivity contribution in [1.29, 1.82) is 0 Å². The highest BCUT2D eigenvalue weighted by atomic mass is 16.5. The summed E-state index contributed by atoms with van der Waals surface area (Å²) < 4.78 is 10.5. The Kier molecular flexibility index (Phi) is 5.59. The number of piperazine rings is 1. The van der Waals surface area contributed by atoms with Crippen LogP contribution in [0.2, 0.25) is 0 Å². The van der Waals surface area contributed by atoms with E-state index in [1.807, 2.05) is 0 Å². The number of ether oxygens (including phenoxy) is 2. The van der Waals surface area contributed by atoms with Crippen LogP contribution in [0.3, 0.4) is 0 Å². The van der Waals surface area contributed by atoms with Gasteiger partial charge in [0.25, 0.3) is 0 Å². The van der Waals surface area contributed by atoms with Gasteiger partial charge in [-0.3, -0.25) is 9.69 Å². The van der Waals surface area contributed by atoms with Gasteiger partial charge in [0, 0.05) is 32.2 Å². The lowest BCUT2D eigenvalue weighted by Crippen LogP contribution is -2.51. The standard InChI is InChI=1S/C16H24N2O3/c1-4-14(18-9-7-17-8-10-18)16(19)13-6-5-12(20-2)11-15(13)21-3/h5-6,11,14,17H,4,7-10H2,1-3H3. The van der Waals surface area contributed by atoms with Gasteiger partial charge < -0.3 is 14.8 Å². The zero-order valence-electron chi connectivity index (χ0n) is 13.0. The van der Waals surface area contributed by atoms with Gasteiger partial charge in [-0.2, -0.15) is 0 Å². The number of nitrogens with zero attached hydrogens (tertiary/aromatic N) is 1. The molecule has 0 bridgehead atoms.